The predicted octanol–water partition coefficient (Wildman–Crippen LogP) is 3.08. The second-order valence-corrected chi connectivity index (χ2v) is 7.07. The van der Waals surface area contributed by atoms with Gasteiger partial charge in [-0.3, -0.25) is 4.79 Å². The summed E-state index contributed by atoms with van der Waals surface area (Å²) in [5.74, 6) is 1.47. The summed E-state index contributed by atoms with van der Waals surface area (Å²) in [7, 11) is 0. The van der Waals surface area contributed by atoms with E-state index in [0.29, 0.717) is 12.1 Å². The Morgan fingerprint density at radius 2 is 1.53 bits per heavy atom. The number of hydrogen-bond acceptors (Lipinski definition) is 2. The molecule has 0 aromatic rings. The number of hydrogen-bond donors (Lipinski definition) is 2. The Bertz CT molecular complexity index is 258. The Morgan fingerprint density at radius 3 is 1.89 bits per heavy atom. The molecule has 1 saturated carbocycles. The summed E-state index contributed by atoms with van der Waals surface area (Å²) >= 11 is 0. The summed E-state index contributed by atoms with van der Waals surface area (Å²) in [5, 5.41) is 3.83. The third-order valence-corrected chi connectivity index (χ3v) is 4.11. The molecular weight excluding hydrogens is 236 g/mol. The molecule has 0 atom stereocenters. The van der Waals surface area contributed by atoms with E-state index in [1.165, 1.54) is 12.8 Å². The molecule has 3 heteroatoms. The maximum atomic E-state index is 11.2. The highest BCUT2D eigenvalue weighted by Gasteiger charge is 2.26. The third kappa shape index (κ3) is 6.42. The Hall–Kier alpha value is -0.570. The van der Waals surface area contributed by atoms with Crippen LogP contribution in [0.25, 0.3) is 0 Å². The van der Waals surface area contributed by atoms with Crippen LogP contribution in [0.2, 0.25) is 0 Å². The standard InChI is InChI=1S/C16H32N2O/c1-11(2)9-15(10-12(3)4)18-14-7-5-13(6-8-14)16(17)19/h11-15,18H,5-10H2,1-4H3,(H2,17,19). The van der Waals surface area contributed by atoms with Crippen LogP contribution in [0.5, 0.6) is 0 Å². The lowest BCUT2D eigenvalue weighted by Crippen LogP contribution is -2.43. The quantitative estimate of drug-likeness (QED) is 0.745. The van der Waals surface area contributed by atoms with Gasteiger partial charge in [0, 0.05) is 18.0 Å². The summed E-state index contributed by atoms with van der Waals surface area (Å²) in [6.45, 7) is 9.16. The van der Waals surface area contributed by atoms with Crippen molar-refractivity contribution in [3.63, 3.8) is 0 Å². The molecule has 112 valence electrons. The first-order valence-corrected chi connectivity index (χ1v) is 7.93. The van der Waals surface area contributed by atoms with Gasteiger partial charge in [-0.25, -0.2) is 0 Å². The first-order chi connectivity index (χ1) is 8.88. The highest BCUT2D eigenvalue weighted by atomic mass is 16.1. The minimum Gasteiger partial charge on any atom is -0.369 e. The van der Waals surface area contributed by atoms with Gasteiger partial charge in [0.15, 0.2) is 0 Å². The normalized spacial score (nSPS) is 24.4. The lowest BCUT2D eigenvalue weighted by atomic mass is 9.84. The monoisotopic (exact) mass is 268 g/mol. The maximum Gasteiger partial charge on any atom is 0.220 e. The number of nitrogens with one attached hydrogen (secondary N) is 1. The van der Waals surface area contributed by atoms with Gasteiger partial charge in [-0.05, 0) is 50.4 Å². The zero-order chi connectivity index (χ0) is 14.4. The van der Waals surface area contributed by atoms with Gasteiger partial charge >= 0.3 is 0 Å². The molecule has 19 heavy (non-hydrogen) atoms. The van der Waals surface area contributed by atoms with Crippen LogP contribution < -0.4 is 11.1 Å². The molecule has 1 aliphatic rings. The molecule has 0 radical (unpaired) electrons. The van der Waals surface area contributed by atoms with Gasteiger partial charge in [-0.2, -0.15) is 0 Å². The first kappa shape index (κ1) is 16.5. The summed E-state index contributed by atoms with van der Waals surface area (Å²) < 4.78 is 0. The van der Waals surface area contributed by atoms with Crippen LogP contribution in [0.4, 0.5) is 0 Å². The molecule has 0 unspecified atom stereocenters. The van der Waals surface area contributed by atoms with E-state index in [4.69, 9.17) is 5.73 Å². The van der Waals surface area contributed by atoms with Crippen LogP contribution in [0.1, 0.15) is 66.2 Å². The molecular formula is C16H32N2O. The van der Waals surface area contributed by atoms with Crippen molar-refractivity contribution >= 4 is 5.91 Å². The Morgan fingerprint density at radius 1 is 1.05 bits per heavy atom. The van der Waals surface area contributed by atoms with Crippen LogP contribution in [-0.2, 0) is 4.79 Å². The minimum atomic E-state index is -0.112. The van der Waals surface area contributed by atoms with Crippen molar-refractivity contribution < 1.29 is 4.79 Å². The summed E-state index contributed by atoms with van der Waals surface area (Å²) in [6.07, 6.45) is 6.61. The van der Waals surface area contributed by atoms with E-state index < -0.39 is 0 Å². The highest BCUT2D eigenvalue weighted by molar-refractivity contribution is 5.76. The van der Waals surface area contributed by atoms with E-state index in [2.05, 4.69) is 33.0 Å². The third-order valence-electron chi connectivity index (χ3n) is 4.11. The van der Waals surface area contributed by atoms with Gasteiger partial charge in [0.2, 0.25) is 5.91 Å². The van der Waals surface area contributed by atoms with E-state index in [1.54, 1.807) is 0 Å². The van der Waals surface area contributed by atoms with Gasteiger partial charge in [-0.15, -0.1) is 0 Å². The summed E-state index contributed by atoms with van der Waals surface area (Å²) in [4.78, 5) is 11.2. The van der Waals surface area contributed by atoms with Crippen molar-refractivity contribution in [2.75, 3.05) is 0 Å². The van der Waals surface area contributed by atoms with E-state index >= 15 is 0 Å². The second kappa shape index (κ2) is 7.88. The molecule has 3 nitrogen and oxygen atoms in total. The SMILES string of the molecule is CC(C)CC(CC(C)C)NC1CCC(C(N)=O)CC1. The molecule has 0 heterocycles. The van der Waals surface area contributed by atoms with Crippen molar-refractivity contribution in [2.45, 2.75) is 78.3 Å². The largest absolute Gasteiger partial charge is 0.369 e. The molecule has 1 aliphatic carbocycles. The zero-order valence-corrected chi connectivity index (χ0v) is 13.1. The smallest absolute Gasteiger partial charge is 0.220 e. The van der Waals surface area contributed by atoms with Crippen molar-refractivity contribution in [2.24, 2.45) is 23.5 Å². The van der Waals surface area contributed by atoms with Crippen LogP contribution in [0, 0.1) is 17.8 Å². The van der Waals surface area contributed by atoms with Crippen LogP contribution >= 0.6 is 0 Å². The maximum absolute atomic E-state index is 11.2. The van der Waals surface area contributed by atoms with Gasteiger partial charge < -0.3 is 11.1 Å². The molecule has 0 saturated heterocycles. The Kier molecular flexibility index (Phi) is 6.84. The van der Waals surface area contributed by atoms with Crippen molar-refractivity contribution in [1.29, 1.82) is 0 Å². The number of amides is 1. The fraction of sp³-hybridized carbons (Fsp3) is 0.938. The molecule has 1 rings (SSSR count). The number of carbonyl (C=O) groups excluding carboxylic acids is 1. The van der Waals surface area contributed by atoms with E-state index in [9.17, 15) is 4.79 Å². The van der Waals surface area contributed by atoms with Crippen LogP contribution in [0.3, 0.4) is 0 Å². The van der Waals surface area contributed by atoms with Crippen LogP contribution in [-0.4, -0.2) is 18.0 Å². The molecule has 0 bridgehead atoms. The average molecular weight is 268 g/mol. The lowest BCUT2D eigenvalue weighted by molar-refractivity contribution is -0.122. The summed E-state index contributed by atoms with van der Waals surface area (Å²) in [5.41, 5.74) is 5.39. The van der Waals surface area contributed by atoms with Crippen molar-refractivity contribution in [3.05, 3.63) is 0 Å². The van der Waals surface area contributed by atoms with E-state index in [-0.39, 0.29) is 11.8 Å². The molecule has 1 amide bonds. The molecule has 1 fully saturated rings. The molecule has 0 spiro atoms. The lowest BCUT2D eigenvalue weighted by Gasteiger charge is -2.32. The number of primary amides is 1. The Labute approximate surface area is 118 Å². The van der Waals surface area contributed by atoms with E-state index in [1.807, 2.05) is 0 Å². The average Bonchev–Trinajstić information content (AvgIpc) is 2.27. The molecule has 0 aromatic heterocycles. The van der Waals surface area contributed by atoms with Crippen LogP contribution in [0.15, 0.2) is 0 Å². The van der Waals surface area contributed by atoms with Gasteiger partial charge in [-0.1, -0.05) is 27.7 Å². The first-order valence-electron chi connectivity index (χ1n) is 7.93. The van der Waals surface area contributed by atoms with Crippen molar-refractivity contribution in [3.8, 4) is 0 Å². The molecule has 3 N–H and O–H groups in total. The van der Waals surface area contributed by atoms with Gasteiger partial charge in [0.05, 0.1) is 0 Å². The predicted molar refractivity (Wildman–Crippen MR) is 80.8 cm³/mol. The second-order valence-electron chi connectivity index (χ2n) is 7.07. The zero-order valence-electron chi connectivity index (χ0n) is 13.1. The van der Waals surface area contributed by atoms with Gasteiger partial charge in [0.25, 0.3) is 0 Å². The summed E-state index contributed by atoms with van der Waals surface area (Å²) in [6, 6.07) is 1.20. The fourth-order valence-corrected chi connectivity index (χ4v) is 3.25. The topological polar surface area (TPSA) is 55.1 Å². The minimum absolute atomic E-state index is 0.112. The van der Waals surface area contributed by atoms with Gasteiger partial charge in [0.1, 0.15) is 0 Å². The number of carbonyl (C=O) groups is 1. The number of nitrogens with two attached hydrogens (primary N) is 1. The fourth-order valence-electron chi connectivity index (χ4n) is 3.25. The Balaban J connectivity index is 2.40. The molecule has 0 aliphatic heterocycles. The highest BCUT2D eigenvalue weighted by Crippen LogP contribution is 2.25. The van der Waals surface area contributed by atoms with E-state index in [0.717, 1.165) is 37.5 Å². The molecule has 0 aromatic carbocycles. The number of rotatable bonds is 7. The van der Waals surface area contributed by atoms with Crippen molar-refractivity contribution in [1.82, 2.24) is 5.32 Å².